The Kier molecular flexibility index (Phi) is 2.17. The maximum absolute atomic E-state index is 13.8. The number of benzene rings is 1. The monoisotopic (exact) mass is 209 g/mol. The summed E-state index contributed by atoms with van der Waals surface area (Å²) in [6.07, 6.45) is 1.20. The van der Waals surface area contributed by atoms with Crippen molar-refractivity contribution in [3.63, 3.8) is 0 Å². The fourth-order valence-corrected chi connectivity index (χ4v) is 1.33. The second-order valence-corrected chi connectivity index (χ2v) is 3.22. The topological polar surface area (TPSA) is 47.9 Å². The van der Waals surface area contributed by atoms with Crippen molar-refractivity contribution in [2.75, 3.05) is 6.79 Å². The van der Waals surface area contributed by atoms with Crippen LogP contribution in [0, 0.1) is 0 Å². The fraction of sp³-hybridized carbons (Fsp3) is 0.300. The average Bonchev–Trinajstić information content (AvgIpc) is 2.63. The molecule has 2 rings (SSSR count). The number of halogens is 1. The zero-order valence-electron chi connectivity index (χ0n) is 7.99. The van der Waals surface area contributed by atoms with E-state index in [0.29, 0.717) is 11.5 Å². The third kappa shape index (κ3) is 1.69. The molecule has 0 saturated carbocycles. The minimum Gasteiger partial charge on any atom is -0.454 e. The van der Waals surface area contributed by atoms with Crippen LogP contribution in [-0.4, -0.2) is 12.9 Å². The molecular weight excluding hydrogens is 201 g/mol. The fourth-order valence-electron chi connectivity index (χ4n) is 1.33. The highest BCUT2D eigenvalue weighted by molar-refractivity contribution is 5.46. The van der Waals surface area contributed by atoms with E-state index in [9.17, 15) is 9.18 Å². The number of fused-ring (bicyclic) bond motifs is 1. The number of hydrogen-bond donors (Lipinski definition) is 0. The van der Waals surface area contributed by atoms with Gasteiger partial charge in [0.25, 0.3) is 0 Å². The number of carbonyl (C=O) groups excluding carboxylic acids is 1. The third-order valence-electron chi connectivity index (χ3n) is 2.16. The smallest absolute Gasteiger partial charge is 0.238 e. The second-order valence-electron chi connectivity index (χ2n) is 3.22. The van der Waals surface area contributed by atoms with E-state index in [1.807, 2.05) is 0 Å². The zero-order valence-corrected chi connectivity index (χ0v) is 7.99. The van der Waals surface area contributed by atoms with Crippen LogP contribution in [0.4, 0.5) is 4.39 Å². The van der Waals surface area contributed by atoms with Crippen molar-refractivity contribution in [2.24, 2.45) is 4.99 Å². The molecule has 15 heavy (non-hydrogen) atoms. The molecule has 1 heterocycles. The first-order valence-electron chi connectivity index (χ1n) is 4.31. The second kappa shape index (κ2) is 3.37. The van der Waals surface area contributed by atoms with E-state index in [1.165, 1.54) is 25.1 Å². The van der Waals surface area contributed by atoms with Crippen LogP contribution >= 0.6 is 0 Å². The molecule has 1 unspecified atom stereocenters. The summed E-state index contributed by atoms with van der Waals surface area (Å²) < 4.78 is 23.9. The number of aliphatic imine (C=N–C) groups is 1. The normalized spacial score (nSPS) is 16.7. The van der Waals surface area contributed by atoms with Crippen LogP contribution in [0.5, 0.6) is 11.5 Å². The van der Waals surface area contributed by atoms with Gasteiger partial charge in [-0.15, -0.1) is 0 Å². The van der Waals surface area contributed by atoms with Gasteiger partial charge in [0.2, 0.25) is 18.7 Å². The van der Waals surface area contributed by atoms with E-state index in [1.54, 1.807) is 6.07 Å². The van der Waals surface area contributed by atoms with Crippen LogP contribution in [0.1, 0.15) is 12.5 Å². The number of alkyl halides is 1. The van der Waals surface area contributed by atoms with Crippen LogP contribution in [-0.2, 0) is 10.6 Å². The van der Waals surface area contributed by atoms with Gasteiger partial charge in [-0.3, -0.25) is 0 Å². The van der Waals surface area contributed by atoms with E-state index in [0.717, 1.165) is 0 Å². The van der Waals surface area contributed by atoms with Gasteiger partial charge in [-0.2, -0.15) is 4.99 Å². The van der Waals surface area contributed by atoms with Crippen LogP contribution in [0.25, 0.3) is 0 Å². The van der Waals surface area contributed by atoms with E-state index in [4.69, 9.17) is 9.47 Å². The molecule has 0 aliphatic carbocycles. The van der Waals surface area contributed by atoms with Crippen LogP contribution < -0.4 is 9.47 Å². The summed E-state index contributed by atoms with van der Waals surface area (Å²) in [5, 5.41) is 0. The molecule has 0 spiro atoms. The molecule has 0 bridgehead atoms. The first-order chi connectivity index (χ1) is 7.13. The summed E-state index contributed by atoms with van der Waals surface area (Å²) in [5.41, 5.74) is 0.232. The SMILES string of the molecule is CC(F)(N=C=O)c1ccc2c(c1)OCO2. The lowest BCUT2D eigenvalue weighted by Crippen LogP contribution is -2.11. The summed E-state index contributed by atoms with van der Waals surface area (Å²) in [4.78, 5) is 13.1. The Bertz CT molecular complexity index is 438. The standard InChI is InChI=1S/C10H8FNO3/c1-10(11,12-5-13)7-2-3-8-9(4-7)15-6-14-8/h2-4H,6H2,1H3. The van der Waals surface area contributed by atoms with E-state index < -0.39 is 5.79 Å². The summed E-state index contributed by atoms with van der Waals surface area (Å²) in [5.74, 6) is -1.06. The maximum atomic E-state index is 13.8. The van der Waals surface area contributed by atoms with Gasteiger partial charge in [-0.25, -0.2) is 9.18 Å². The lowest BCUT2D eigenvalue weighted by molar-refractivity contribution is 0.173. The molecule has 0 radical (unpaired) electrons. The molecule has 0 fully saturated rings. The van der Waals surface area contributed by atoms with Crippen LogP contribution in [0.15, 0.2) is 23.2 Å². The third-order valence-corrected chi connectivity index (χ3v) is 2.16. The summed E-state index contributed by atoms with van der Waals surface area (Å²) in [6, 6.07) is 4.54. The Balaban J connectivity index is 2.42. The Morgan fingerprint density at radius 3 is 2.93 bits per heavy atom. The van der Waals surface area contributed by atoms with Crippen molar-refractivity contribution < 1.29 is 18.7 Å². The van der Waals surface area contributed by atoms with Gasteiger partial charge in [0, 0.05) is 5.56 Å². The molecule has 1 atom stereocenters. The van der Waals surface area contributed by atoms with E-state index >= 15 is 0 Å². The van der Waals surface area contributed by atoms with Gasteiger partial charge in [0.1, 0.15) is 0 Å². The van der Waals surface area contributed by atoms with Gasteiger partial charge in [-0.1, -0.05) is 0 Å². The molecule has 1 aliphatic heterocycles. The molecule has 1 aliphatic rings. The minimum absolute atomic E-state index is 0.124. The maximum Gasteiger partial charge on any atom is 0.238 e. The zero-order chi connectivity index (χ0) is 10.9. The number of rotatable bonds is 2. The average molecular weight is 209 g/mol. The van der Waals surface area contributed by atoms with Crippen molar-refractivity contribution in [1.29, 1.82) is 0 Å². The highest BCUT2D eigenvalue weighted by atomic mass is 19.1. The van der Waals surface area contributed by atoms with Crippen molar-refractivity contribution in [2.45, 2.75) is 12.7 Å². The molecule has 1 aromatic carbocycles. The molecule has 0 N–H and O–H groups in total. The molecular formula is C10H8FNO3. The number of isocyanates is 1. The lowest BCUT2D eigenvalue weighted by atomic mass is 10.1. The highest BCUT2D eigenvalue weighted by Crippen LogP contribution is 2.37. The summed E-state index contributed by atoms with van der Waals surface area (Å²) in [6.45, 7) is 1.30. The molecule has 1 aromatic rings. The van der Waals surface area contributed by atoms with Gasteiger partial charge in [0.15, 0.2) is 11.5 Å². The van der Waals surface area contributed by atoms with Crippen LogP contribution in [0.2, 0.25) is 0 Å². The molecule has 78 valence electrons. The lowest BCUT2D eigenvalue weighted by Gasteiger charge is -2.13. The Labute approximate surface area is 85.3 Å². The summed E-state index contributed by atoms with van der Waals surface area (Å²) in [7, 11) is 0. The molecule has 5 heteroatoms. The van der Waals surface area contributed by atoms with Crippen molar-refractivity contribution in [3.8, 4) is 11.5 Å². The Morgan fingerprint density at radius 2 is 2.20 bits per heavy atom. The first kappa shape index (κ1) is 9.68. The van der Waals surface area contributed by atoms with Crippen LogP contribution in [0.3, 0.4) is 0 Å². The number of nitrogens with zero attached hydrogens (tertiary/aromatic N) is 1. The molecule has 4 nitrogen and oxygen atoms in total. The number of ether oxygens (including phenoxy) is 2. The predicted molar refractivity (Wildman–Crippen MR) is 49.1 cm³/mol. The Hall–Kier alpha value is -1.87. The van der Waals surface area contributed by atoms with E-state index in [-0.39, 0.29) is 12.4 Å². The van der Waals surface area contributed by atoms with Gasteiger partial charge in [0.05, 0.1) is 0 Å². The quantitative estimate of drug-likeness (QED) is 0.424. The Morgan fingerprint density at radius 1 is 1.47 bits per heavy atom. The number of hydrogen-bond acceptors (Lipinski definition) is 4. The van der Waals surface area contributed by atoms with Gasteiger partial charge < -0.3 is 9.47 Å². The van der Waals surface area contributed by atoms with Crippen molar-refractivity contribution in [3.05, 3.63) is 23.8 Å². The molecule has 0 saturated heterocycles. The largest absolute Gasteiger partial charge is 0.454 e. The van der Waals surface area contributed by atoms with Gasteiger partial charge >= 0.3 is 0 Å². The van der Waals surface area contributed by atoms with Crippen molar-refractivity contribution in [1.82, 2.24) is 0 Å². The minimum atomic E-state index is -2.08. The van der Waals surface area contributed by atoms with E-state index in [2.05, 4.69) is 4.99 Å². The highest BCUT2D eigenvalue weighted by Gasteiger charge is 2.27. The van der Waals surface area contributed by atoms with Crippen molar-refractivity contribution >= 4 is 6.08 Å². The predicted octanol–water partition coefficient (Wildman–Crippen LogP) is 1.89. The first-order valence-corrected chi connectivity index (χ1v) is 4.31. The summed E-state index contributed by atoms with van der Waals surface area (Å²) >= 11 is 0. The molecule has 0 amide bonds. The van der Waals surface area contributed by atoms with Gasteiger partial charge in [-0.05, 0) is 25.1 Å². The molecule has 0 aromatic heterocycles.